The molecule has 3 heteroatoms. The summed E-state index contributed by atoms with van der Waals surface area (Å²) in [5.41, 5.74) is 1.71. The van der Waals surface area contributed by atoms with E-state index >= 15 is 0 Å². The van der Waals surface area contributed by atoms with Crippen molar-refractivity contribution in [3.8, 4) is 0 Å². The van der Waals surface area contributed by atoms with Gasteiger partial charge in [-0.3, -0.25) is 0 Å². The molecule has 2 nitrogen and oxygen atoms in total. The van der Waals surface area contributed by atoms with Crippen molar-refractivity contribution in [1.29, 1.82) is 0 Å². The van der Waals surface area contributed by atoms with E-state index in [1.54, 1.807) is 18.6 Å². The Morgan fingerprint density at radius 3 is 2.73 bits per heavy atom. The zero-order chi connectivity index (χ0) is 10.7. The number of aliphatic hydroxyl groups excluding tert-OH is 1. The molecule has 0 saturated heterocycles. The van der Waals surface area contributed by atoms with Crippen molar-refractivity contribution in [3.63, 3.8) is 0 Å². The van der Waals surface area contributed by atoms with Gasteiger partial charge in [0.1, 0.15) is 0 Å². The molecule has 1 aromatic carbocycles. The highest BCUT2D eigenvalue weighted by molar-refractivity contribution is 6.31. The first kappa shape index (κ1) is 10.3. The molecule has 0 radical (unpaired) electrons. The highest BCUT2D eigenvalue weighted by Gasteiger charge is 2.11. The van der Waals surface area contributed by atoms with Gasteiger partial charge in [0.15, 0.2) is 0 Å². The lowest BCUT2D eigenvalue weighted by molar-refractivity contribution is 0.177. The van der Waals surface area contributed by atoms with Gasteiger partial charge in [-0.2, -0.15) is 0 Å². The van der Waals surface area contributed by atoms with Crippen molar-refractivity contribution >= 4 is 11.6 Å². The first-order chi connectivity index (χ1) is 7.27. The van der Waals surface area contributed by atoms with Gasteiger partial charge in [0.05, 0.1) is 18.6 Å². The van der Waals surface area contributed by atoms with E-state index in [4.69, 9.17) is 16.0 Å². The molecule has 78 valence electrons. The zero-order valence-electron chi connectivity index (χ0n) is 8.06. The summed E-state index contributed by atoms with van der Waals surface area (Å²) < 4.78 is 4.91. The van der Waals surface area contributed by atoms with E-state index in [-0.39, 0.29) is 0 Å². The lowest BCUT2D eigenvalue weighted by atomic mass is 10.0. The molecule has 1 N–H and O–H groups in total. The topological polar surface area (TPSA) is 33.4 Å². The molecule has 2 rings (SSSR count). The van der Waals surface area contributed by atoms with Crippen molar-refractivity contribution in [2.45, 2.75) is 12.5 Å². The van der Waals surface area contributed by atoms with Gasteiger partial charge < -0.3 is 9.52 Å². The zero-order valence-corrected chi connectivity index (χ0v) is 8.82. The van der Waals surface area contributed by atoms with Crippen molar-refractivity contribution < 1.29 is 9.52 Å². The minimum Gasteiger partial charge on any atom is -0.472 e. The Kier molecular flexibility index (Phi) is 3.09. The van der Waals surface area contributed by atoms with Crippen LogP contribution in [0.25, 0.3) is 0 Å². The average Bonchev–Trinajstić information content (AvgIpc) is 2.74. The number of benzene rings is 1. The van der Waals surface area contributed by atoms with Crippen LogP contribution in [-0.2, 0) is 6.42 Å². The summed E-state index contributed by atoms with van der Waals surface area (Å²) >= 11 is 6.00. The molecule has 0 aliphatic rings. The van der Waals surface area contributed by atoms with Crippen LogP contribution in [0.1, 0.15) is 17.2 Å². The molecule has 1 heterocycles. The smallest absolute Gasteiger partial charge is 0.0960 e. The predicted octanol–water partition coefficient (Wildman–Crippen LogP) is 3.21. The Morgan fingerprint density at radius 2 is 2.07 bits per heavy atom. The molecule has 0 aliphatic heterocycles. The molecule has 1 aromatic heterocycles. The summed E-state index contributed by atoms with van der Waals surface area (Å²) in [6.07, 6.45) is 3.02. The van der Waals surface area contributed by atoms with E-state index in [2.05, 4.69) is 0 Å². The minimum atomic E-state index is -0.566. The van der Waals surface area contributed by atoms with Gasteiger partial charge in [0.25, 0.3) is 0 Å². The van der Waals surface area contributed by atoms with Crippen LogP contribution in [0.15, 0.2) is 47.3 Å². The first-order valence-corrected chi connectivity index (χ1v) is 5.09. The largest absolute Gasteiger partial charge is 0.472 e. The highest BCUT2D eigenvalue weighted by atomic mass is 35.5. The monoisotopic (exact) mass is 222 g/mol. The molecular formula is C12H11ClO2. The fourth-order valence-corrected chi connectivity index (χ4v) is 1.67. The minimum absolute atomic E-state index is 0.499. The summed E-state index contributed by atoms with van der Waals surface area (Å²) in [4.78, 5) is 0. The van der Waals surface area contributed by atoms with Gasteiger partial charge in [0.2, 0.25) is 0 Å². The van der Waals surface area contributed by atoms with Crippen LogP contribution < -0.4 is 0 Å². The summed E-state index contributed by atoms with van der Waals surface area (Å²) in [5.74, 6) is 0. The number of rotatable bonds is 3. The highest BCUT2D eigenvalue weighted by Crippen LogP contribution is 2.23. The Bertz CT molecular complexity index is 423. The van der Waals surface area contributed by atoms with E-state index < -0.39 is 6.10 Å². The van der Waals surface area contributed by atoms with Crippen molar-refractivity contribution in [2.24, 2.45) is 0 Å². The summed E-state index contributed by atoms with van der Waals surface area (Å²) in [6.45, 7) is 0. The van der Waals surface area contributed by atoms with Crippen LogP contribution in [0, 0.1) is 0 Å². The second-order valence-electron chi connectivity index (χ2n) is 3.37. The maximum absolute atomic E-state index is 9.87. The van der Waals surface area contributed by atoms with Crippen molar-refractivity contribution in [3.05, 3.63) is 59.0 Å². The van der Waals surface area contributed by atoms with E-state index in [1.165, 1.54) is 0 Å². The number of halogens is 1. The Labute approximate surface area is 93.1 Å². The molecule has 0 saturated carbocycles. The lowest BCUT2D eigenvalue weighted by Gasteiger charge is -2.09. The van der Waals surface area contributed by atoms with Gasteiger partial charge in [-0.15, -0.1) is 0 Å². The molecule has 2 aromatic rings. The third kappa shape index (κ3) is 2.41. The third-order valence-electron chi connectivity index (χ3n) is 2.30. The molecule has 0 amide bonds. The summed E-state index contributed by atoms with van der Waals surface area (Å²) in [6, 6.07) is 9.26. The summed E-state index contributed by atoms with van der Waals surface area (Å²) in [7, 11) is 0. The van der Waals surface area contributed by atoms with E-state index in [9.17, 15) is 5.11 Å². The van der Waals surface area contributed by atoms with Crippen LogP contribution in [0.4, 0.5) is 0 Å². The Balaban J connectivity index is 2.13. The number of aliphatic hydroxyl groups is 1. The second kappa shape index (κ2) is 4.51. The third-order valence-corrected chi connectivity index (χ3v) is 2.67. The maximum atomic E-state index is 9.87. The second-order valence-corrected chi connectivity index (χ2v) is 3.78. The van der Waals surface area contributed by atoms with Crippen LogP contribution >= 0.6 is 11.6 Å². The quantitative estimate of drug-likeness (QED) is 0.865. The number of furan rings is 1. The van der Waals surface area contributed by atoms with E-state index in [0.29, 0.717) is 11.4 Å². The van der Waals surface area contributed by atoms with Crippen molar-refractivity contribution in [2.75, 3.05) is 0 Å². The molecular weight excluding hydrogens is 212 g/mol. The Hall–Kier alpha value is -1.25. The van der Waals surface area contributed by atoms with Crippen LogP contribution in [0.2, 0.25) is 5.02 Å². The van der Waals surface area contributed by atoms with Gasteiger partial charge in [-0.1, -0.05) is 29.8 Å². The normalized spacial score (nSPS) is 12.7. The fraction of sp³-hybridized carbons (Fsp3) is 0.167. The molecule has 0 spiro atoms. The molecule has 1 atom stereocenters. The number of hydrogen-bond acceptors (Lipinski definition) is 2. The van der Waals surface area contributed by atoms with Crippen molar-refractivity contribution in [1.82, 2.24) is 0 Å². The van der Waals surface area contributed by atoms with Crippen LogP contribution in [0.5, 0.6) is 0 Å². The first-order valence-electron chi connectivity index (χ1n) is 4.71. The SMILES string of the molecule is OC(Cc1ccccc1Cl)c1ccoc1. The van der Waals surface area contributed by atoms with Crippen LogP contribution in [-0.4, -0.2) is 5.11 Å². The molecule has 1 unspecified atom stereocenters. The maximum Gasteiger partial charge on any atom is 0.0960 e. The molecule has 0 aliphatic carbocycles. The summed E-state index contributed by atoms with van der Waals surface area (Å²) in [5, 5.41) is 10.5. The predicted molar refractivity (Wildman–Crippen MR) is 58.8 cm³/mol. The Morgan fingerprint density at radius 1 is 1.27 bits per heavy atom. The van der Waals surface area contributed by atoms with Gasteiger partial charge >= 0.3 is 0 Å². The standard InChI is InChI=1S/C12H11ClO2/c13-11-4-2-1-3-9(11)7-12(14)10-5-6-15-8-10/h1-6,8,12,14H,7H2. The molecule has 0 bridgehead atoms. The van der Waals surface area contributed by atoms with E-state index in [0.717, 1.165) is 11.1 Å². The molecule has 15 heavy (non-hydrogen) atoms. The van der Waals surface area contributed by atoms with Gasteiger partial charge in [-0.25, -0.2) is 0 Å². The fourth-order valence-electron chi connectivity index (χ4n) is 1.45. The van der Waals surface area contributed by atoms with Gasteiger partial charge in [0, 0.05) is 17.0 Å². The van der Waals surface area contributed by atoms with Crippen LogP contribution in [0.3, 0.4) is 0 Å². The average molecular weight is 223 g/mol. The van der Waals surface area contributed by atoms with Gasteiger partial charge in [-0.05, 0) is 17.7 Å². The molecule has 0 fully saturated rings. The number of hydrogen-bond donors (Lipinski definition) is 1. The van der Waals surface area contributed by atoms with E-state index in [1.807, 2.05) is 24.3 Å². The lowest BCUT2D eigenvalue weighted by Crippen LogP contribution is -2.00.